The summed E-state index contributed by atoms with van der Waals surface area (Å²) < 4.78 is 13.6. The molecule has 0 amide bonds. The molecule has 28 heavy (non-hydrogen) atoms. The molecule has 0 aromatic heterocycles. The fraction of sp³-hybridized carbons (Fsp3) is 0.667. The normalized spacial score (nSPS) is 17.7. The van der Waals surface area contributed by atoms with Crippen molar-refractivity contribution in [2.75, 3.05) is 52.9 Å². The van der Waals surface area contributed by atoms with E-state index >= 15 is 0 Å². The van der Waals surface area contributed by atoms with Gasteiger partial charge in [-0.1, -0.05) is 26.0 Å². The summed E-state index contributed by atoms with van der Waals surface area (Å²) in [5, 5.41) is 6.80. The lowest BCUT2D eigenvalue weighted by molar-refractivity contribution is 0.120. The van der Waals surface area contributed by atoms with Gasteiger partial charge in [-0.3, -0.25) is 9.89 Å². The zero-order valence-corrected chi connectivity index (χ0v) is 20.3. The van der Waals surface area contributed by atoms with Crippen LogP contribution < -0.4 is 10.6 Å². The summed E-state index contributed by atoms with van der Waals surface area (Å²) in [4.78, 5) is 9.66. The van der Waals surface area contributed by atoms with Gasteiger partial charge in [-0.15, -0.1) is 24.0 Å². The highest BCUT2D eigenvalue weighted by Gasteiger charge is 2.22. The highest BCUT2D eigenvalue weighted by molar-refractivity contribution is 14.0. The lowest BCUT2D eigenvalue weighted by Crippen LogP contribution is -2.52. The Morgan fingerprint density at radius 2 is 1.89 bits per heavy atom. The Labute approximate surface area is 187 Å². The zero-order valence-electron chi connectivity index (χ0n) is 18.0. The predicted molar refractivity (Wildman–Crippen MR) is 127 cm³/mol. The molecule has 1 heterocycles. The molecule has 5 nitrogen and oxygen atoms in total. The van der Waals surface area contributed by atoms with Crippen LogP contribution in [0.25, 0.3) is 0 Å². The molecule has 2 rings (SSSR count). The molecule has 1 aliphatic heterocycles. The molecule has 0 radical (unpaired) electrons. The monoisotopic (exact) mass is 505 g/mol. The molecule has 0 bridgehead atoms. The van der Waals surface area contributed by atoms with E-state index in [0.717, 1.165) is 50.8 Å². The maximum absolute atomic E-state index is 13.6. The van der Waals surface area contributed by atoms with Crippen LogP contribution in [0.2, 0.25) is 0 Å². The van der Waals surface area contributed by atoms with E-state index in [1.165, 1.54) is 6.07 Å². The summed E-state index contributed by atoms with van der Waals surface area (Å²) in [6.07, 6.45) is 0. The van der Waals surface area contributed by atoms with Gasteiger partial charge in [0, 0.05) is 50.7 Å². The van der Waals surface area contributed by atoms with Crippen molar-refractivity contribution in [1.29, 1.82) is 0 Å². The Morgan fingerprint density at radius 3 is 2.50 bits per heavy atom. The van der Waals surface area contributed by atoms with Crippen LogP contribution in [0.1, 0.15) is 33.3 Å². The lowest BCUT2D eigenvalue weighted by atomic mass is 9.85. The van der Waals surface area contributed by atoms with E-state index in [-0.39, 0.29) is 35.2 Å². The summed E-state index contributed by atoms with van der Waals surface area (Å²) in [5.41, 5.74) is 0.737. The molecule has 1 aromatic carbocycles. The number of nitrogens with zero attached hydrogens (tertiary/aromatic N) is 3. The standard InChI is InChI=1S/C21H36FN5.HI/c1-6-23-20(24-15-17(2)27-12-10-26(5)11-13-27)25-16-21(3,4)18-8-7-9-19(22)14-18;/h7-9,14,17H,6,10-13,15-16H2,1-5H3,(H2,23,24,25);1H. The van der Waals surface area contributed by atoms with E-state index < -0.39 is 0 Å². The molecular formula is C21H37FIN5. The van der Waals surface area contributed by atoms with Crippen LogP contribution in [0.3, 0.4) is 0 Å². The van der Waals surface area contributed by atoms with Crippen molar-refractivity contribution < 1.29 is 4.39 Å². The number of benzene rings is 1. The van der Waals surface area contributed by atoms with Gasteiger partial charge in [0.05, 0.1) is 6.54 Å². The van der Waals surface area contributed by atoms with Crippen LogP contribution in [-0.2, 0) is 5.41 Å². The minimum Gasteiger partial charge on any atom is -0.357 e. The second-order valence-corrected chi connectivity index (χ2v) is 8.16. The summed E-state index contributed by atoms with van der Waals surface area (Å²) >= 11 is 0. The van der Waals surface area contributed by atoms with Gasteiger partial charge in [0.25, 0.3) is 0 Å². The van der Waals surface area contributed by atoms with Crippen LogP contribution in [0.4, 0.5) is 4.39 Å². The molecule has 1 atom stereocenters. The molecule has 1 fully saturated rings. The van der Waals surface area contributed by atoms with E-state index in [0.29, 0.717) is 12.6 Å². The number of likely N-dealkylation sites (N-methyl/N-ethyl adjacent to an activating group) is 1. The molecule has 1 aromatic rings. The fourth-order valence-corrected chi connectivity index (χ4v) is 3.26. The summed E-state index contributed by atoms with van der Waals surface area (Å²) in [7, 11) is 2.18. The largest absolute Gasteiger partial charge is 0.357 e. The molecule has 0 spiro atoms. The zero-order chi connectivity index (χ0) is 19.9. The van der Waals surface area contributed by atoms with Gasteiger partial charge in [0.2, 0.25) is 0 Å². The number of rotatable bonds is 7. The number of piperazine rings is 1. The maximum atomic E-state index is 13.6. The Bertz CT molecular complexity index is 615. The number of nitrogens with one attached hydrogen (secondary N) is 2. The topological polar surface area (TPSA) is 42.9 Å². The van der Waals surface area contributed by atoms with Gasteiger partial charge in [-0.05, 0) is 38.6 Å². The molecule has 160 valence electrons. The first-order valence-corrected chi connectivity index (χ1v) is 10.0. The molecule has 1 saturated heterocycles. The molecule has 7 heteroatoms. The van der Waals surface area contributed by atoms with Crippen LogP contribution in [-0.4, -0.2) is 74.7 Å². The first-order chi connectivity index (χ1) is 12.8. The smallest absolute Gasteiger partial charge is 0.191 e. The average Bonchev–Trinajstić information content (AvgIpc) is 2.64. The second kappa shape index (κ2) is 11.9. The Kier molecular flexibility index (Phi) is 10.7. The first-order valence-electron chi connectivity index (χ1n) is 10.0. The third-order valence-corrected chi connectivity index (χ3v) is 5.31. The third-order valence-electron chi connectivity index (χ3n) is 5.31. The number of hydrogen-bond donors (Lipinski definition) is 2. The third kappa shape index (κ3) is 7.83. The number of halogens is 2. The molecule has 2 N–H and O–H groups in total. The lowest BCUT2D eigenvalue weighted by Gasteiger charge is -2.36. The second-order valence-electron chi connectivity index (χ2n) is 8.16. The van der Waals surface area contributed by atoms with Gasteiger partial charge in [0.1, 0.15) is 5.82 Å². The highest BCUT2D eigenvalue weighted by atomic mass is 127. The van der Waals surface area contributed by atoms with Crippen molar-refractivity contribution in [3.8, 4) is 0 Å². The van der Waals surface area contributed by atoms with Crippen molar-refractivity contribution in [2.24, 2.45) is 4.99 Å². The first kappa shape index (κ1) is 25.1. The molecule has 1 aliphatic rings. The van der Waals surface area contributed by atoms with E-state index in [1.54, 1.807) is 12.1 Å². The van der Waals surface area contributed by atoms with Gasteiger partial charge in [-0.25, -0.2) is 4.39 Å². The van der Waals surface area contributed by atoms with E-state index in [4.69, 9.17) is 4.99 Å². The van der Waals surface area contributed by atoms with Gasteiger partial charge < -0.3 is 15.5 Å². The van der Waals surface area contributed by atoms with Crippen LogP contribution in [0, 0.1) is 5.82 Å². The van der Waals surface area contributed by atoms with Gasteiger partial charge in [-0.2, -0.15) is 0 Å². The number of hydrogen-bond acceptors (Lipinski definition) is 3. The van der Waals surface area contributed by atoms with Crippen molar-refractivity contribution in [1.82, 2.24) is 20.4 Å². The van der Waals surface area contributed by atoms with Crippen LogP contribution in [0.15, 0.2) is 29.3 Å². The van der Waals surface area contributed by atoms with E-state index in [1.807, 2.05) is 6.07 Å². The van der Waals surface area contributed by atoms with Crippen molar-refractivity contribution in [3.63, 3.8) is 0 Å². The van der Waals surface area contributed by atoms with Gasteiger partial charge in [0.15, 0.2) is 5.96 Å². The Balaban J connectivity index is 0.00000392. The summed E-state index contributed by atoms with van der Waals surface area (Å²) in [6.45, 7) is 15.3. The van der Waals surface area contributed by atoms with Crippen LogP contribution in [0.5, 0.6) is 0 Å². The van der Waals surface area contributed by atoms with E-state index in [9.17, 15) is 4.39 Å². The Hall–Kier alpha value is -0.930. The van der Waals surface area contributed by atoms with Crippen LogP contribution >= 0.6 is 24.0 Å². The van der Waals surface area contributed by atoms with Crippen molar-refractivity contribution in [3.05, 3.63) is 35.6 Å². The Morgan fingerprint density at radius 1 is 1.21 bits per heavy atom. The number of guanidine groups is 1. The molecule has 1 unspecified atom stereocenters. The minimum absolute atomic E-state index is 0. The number of aliphatic imine (C=N–C) groups is 1. The van der Waals surface area contributed by atoms with E-state index in [2.05, 4.69) is 55.2 Å². The predicted octanol–water partition coefficient (Wildman–Crippen LogP) is 2.91. The average molecular weight is 505 g/mol. The van der Waals surface area contributed by atoms with Gasteiger partial charge >= 0.3 is 0 Å². The minimum atomic E-state index is -0.229. The molecule has 0 aliphatic carbocycles. The highest BCUT2D eigenvalue weighted by Crippen LogP contribution is 2.24. The van der Waals surface area contributed by atoms with Crippen molar-refractivity contribution in [2.45, 2.75) is 39.2 Å². The summed E-state index contributed by atoms with van der Waals surface area (Å²) in [6, 6.07) is 7.27. The molecule has 0 saturated carbocycles. The maximum Gasteiger partial charge on any atom is 0.191 e. The quantitative estimate of drug-likeness (QED) is 0.340. The SMILES string of the molecule is CCNC(=NCC(C)(C)c1cccc(F)c1)NCC(C)N1CCN(C)CC1.I. The summed E-state index contributed by atoms with van der Waals surface area (Å²) in [5.74, 6) is 0.624. The van der Waals surface area contributed by atoms with Crippen molar-refractivity contribution >= 4 is 29.9 Å². The fourth-order valence-electron chi connectivity index (χ4n) is 3.26. The molecular weight excluding hydrogens is 468 g/mol.